The van der Waals surface area contributed by atoms with Crippen molar-refractivity contribution in [3.8, 4) is 0 Å². The van der Waals surface area contributed by atoms with Gasteiger partial charge < -0.3 is 10.8 Å². The largest absolute Gasteiger partial charge is 0.389 e. The molecule has 0 aliphatic heterocycles. The van der Waals surface area contributed by atoms with Gasteiger partial charge in [-0.25, -0.2) is 0 Å². The van der Waals surface area contributed by atoms with Gasteiger partial charge in [-0.2, -0.15) is 0 Å². The summed E-state index contributed by atoms with van der Waals surface area (Å²) in [6.45, 7) is 0. The van der Waals surface area contributed by atoms with E-state index >= 15 is 0 Å². The van der Waals surface area contributed by atoms with E-state index in [2.05, 4.69) is 0 Å². The van der Waals surface area contributed by atoms with Crippen LogP contribution in [-0.2, 0) is 6.42 Å². The fraction of sp³-hybridized carbons (Fsp3) is 0.500. The van der Waals surface area contributed by atoms with E-state index in [-0.39, 0.29) is 6.04 Å². The molecular formula is C12H15Cl2NO. The fourth-order valence-electron chi connectivity index (χ4n) is 2.35. The van der Waals surface area contributed by atoms with Crippen molar-refractivity contribution in [2.45, 2.75) is 37.3 Å². The molecule has 4 heteroatoms. The Labute approximate surface area is 105 Å². The van der Waals surface area contributed by atoms with Crippen LogP contribution in [-0.4, -0.2) is 16.7 Å². The SMILES string of the molecule is NC1CCC(O)(Cc2cccc(Cl)c2Cl)C1. The van der Waals surface area contributed by atoms with E-state index in [1.165, 1.54) is 0 Å². The topological polar surface area (TPSA) is 46.2 Å². The van der Waals surface area contributed by atoms with Gasteiger partial charge in [-0.05, 0) is 30.9 Å². The number of rotatable bonds is 2. The smallest absolute Gasteiger partial charge is 0.0703 e. The third kappa shape index (κ3) is 2.51. The third-order valence-corrected chi connectivity index (χ3v) is 4.03. The first kappa shape index (κ1) is 12.2. The Morgan fingerprint density at radius 2 is 2.19 bits per heavy atom. The molecule has 0 amide bonds. The average molecular weight is 260 g/mol. The molecule has 2 unspecified atom stereocenters. The highest BCUT2D eigenvalue weighted by Gasteiger charge is 2.36. The van der Waals surface area contributed by atoms with Gasteiger partial charge in [0.05, 0.1) is 15.6 Å². The average Bonchev–Trinajstić information content (AvgIpc) is 2.54. The molecule has 1 aromatic rings. The molecule has 1 saturated carbocycles. The molecule has 0 saturated heterocycles. The summed E-state index contributed by atoms with van der Waals surface area (Å²) in [5, 5.41) is 11.4. The van der Waals surface area contributed by atoms with E-state index in [1.807, 2.05) is 12.1 Å². The van der Waals surface area contributed by atoms with E-state index in [0.717, 1.165) is 18.4 Å². The highest BCUT2D eigenvalue weighted by molar-refractivity contribution is 6.42. The normalized spacial score (nSPS) is 29.6. The standard InChI is InChI=1S/C12H15Cl2NO/c13-10-3-1-2-8(11(10)14)6-12(16)5-4-9(15)7-12/h1-3,9,16H,4-7,15H2. The van der Waals surface area contributed by atoms with Crippen LogP contribution in [0.15, 0.2) is 18.2 Å². The van der Waals surface area contributed by atoms with Gasteiger partial charge in [0, 0.05) is 12.5 Å². The minimum Gasteiger partial charge on any atom is -0.389 e. The molecule has 1 aliphatic rings. The number of aliphatic hydroxyl groups is 1. The van der Waals surface area contributed by atoms with Gasteiger partial charge in [0.15, 0.2) is 0 Å². The first-order valence-corrected chi connectivity index (χ1v) is 6.17. The Kier molecular flexibility index (Phi) is 3.45. The predicted octanol–water partition coefficient (Wildman–Crippen LogP) is 2.78. The molecule has 0 bridgehead atoms. The molecule has 0 heterocycles. The zero-order valence-electron chi connectivity index (χ0n) is 8.92. The van der Waals surface area contributed by atoms with Gasteiger partial charge in [0.25, 0.3) is 0 Å². The molecule has 88 valence electrons. The number of hydrogen-bond donors (Lipinski definition) is 2. The summed E-state index contributed by atoms with van der Waals surface area (Å²) in [7, 11) is 0. The molecule has 2 rings (SSSR count). The number of halogens is 2. The Balaban J connectivity index is 2.18. The van der Waals surface area contributed by atoms with Crippen LogP contribution >= 0.6 is 23.2 Å². The minimum absolute atomic E-state index is 0.1000. The van der Waals surface area contributed by atoms with Gasteiger partial charge >= 0.3 is 0 Å². The molecule has 2 atom stereocenters. The summed E-state index contributed by atoms with van der Waals surface area (Å²) >= 11 is 12.0. The third-order valence-electron chi connectivity index (χ3n) is 3.17. The molecule has 0 radical (unpaired) electrons. The lowest BCUT2D eigenvalue weighted by atomic mass is 9.93. The van der Waals surface area contributed by atoms with Gasteiger partial charge in [0.2, 0.25) is 0 Å². The Morgan fingerprint density at radius 1 is 1.44 bits per heavy atom. The second-order valence-electron chi connectivity index (χ2n) is 4.62. The molecule has 1 fully saturated rings. The van der Waals surface area contributed by atoms with Crippen molar-refractivity contribution in [1.29, 1.82) is 0 Å². The lowest BCUT2D eigenvalue weighted by Gasteiger charge is -2.23. The van der Waals surface area contributed by atoms with Crippen molar-refractivity contribution < 1.29 is 5.11 Å². The summed E-state index contributed by atoms with van der Waals surface area (Å²) in [4.78, 5) is 0. The van der Waals surface area contributed by atoms with Gasteiger partial charge in [-0.3, -0.25) is 0 Å². The van der Waals surface area contributed by atoms with Crippen LogP contribution in [0.1, 0.15) is 24.8 Å². The van der Waals surface area contributed by atoms with Crippen LogP contribution in [0.4, 0.5) is 0 Å². The Morgan fingerprint density at radius 3 is 2.81 bits per heavy atom. The summed E-state index contributed by atoms with van der Waals surface area (Å²) in [6, 6.07) is 5.60. The monoisotopic (exact) mass is 259 g/mol. The summed E-state index contributed by atoms with van der Waals surface area (Å²) in [5.74, 6) is 0. The first-order chi connectivity index (χ1) is 7.50. The lowest BCUT2D eigenvalue weighted by molar-refractivity contribution is 0.0469. The minimum atomic E-state index is -0.715. The van der Waals surface area contributed by atoms with Crippen molar-refractivity contribution in [2.24, 2.45) is 5.73 Å². The number of hydrogen-bond acceptors (Lipinski definition) is 2. The highest BCUT2D eigenvalue weighted by atomic mass is 35.5. The molecule has 0 spiro atoms. The molecule has 1 aliphatic carbocycles. The van der Waals surface area contributed by atoms with Crippen molar-refractivity contribution in [3.63, 3.8) is 0 Å². The summed E-state index contributed by atoms with van der Waals surface area (Å²) in [6.07, 6.45) is 2.77. The van der Waals surface area contributed by atoms with Crippen LogP contribution in [0.2, 0.25) is 10.0 Å². The van der Waals surface area contributed by atoms with E-state index in [0.29, 0.717) is 22.9 Å². The van der Waals surface area contributed by atoms with Gasteiger partial charge in [-0.1, -0.05) is 35.3 Å². The summed E-state index contributed by atoms with van der Waals surface area (Å²) in [5.41, 5.74) is 5.99. The first-order valence-electron chi connectivity index (χ1n) is 5.41. The fourth-order valence-corrected chi connectivity index (χ4v) is 2.73. The molecule has 1 aromatic carbocycles. The molecular weight excluding hydrogens is 245 g/mol. The van der Waals surface area contributed by atoms with Crippen LogP contribution < -0.4 is 5.73 Å². The van der Waals surface area contributed by atoms with E-state index in [4.69, 9.17) is 28.9 Å². The predicted molar refractivity (Wildman–Crippen MR) is 66.9 cm³/mol. The van der Waals surface area contributed by atoms with Crippen molar-refractivity contribution in [3.05, 3.63) is 33.8 Å². The van der Waals surface area contributed by atoms with E-state index in [9.17, 15) is 5.11 Å². The van der Waals surface area contributed by atoms with Crippen molar-refractivity contribution >= 4 is 23.2 Å². The molecule has 3 N–H and O–H groups in total. The number of nitrogens with two attached hydrogens (primary N) is 1. The second kappa shape index (κ2) is 4.53. The zero-order valence-corrected chi connectivity index (χ0v) is 10.4. The highest BCUT2D eigenvalue weighted by Crippen LogP contribution is 2.35. The lowest BCUT2D eigenvalue weighted by Crippen LogP contribution is -2.30. The van der Waals surface area contributed by atoms with E-state index < -0.39 is 5.60 Å². The maximum Gasteiger partial charge on any atom is 0.0703 e. The quantitative estimate of drug-likeness (QED) is 0.858. The molecule has 2 nitrogen and oxygen atoms in total. The van der Waals surface area contributed by atoms with Gasteiger partial charge in [0.1, 0.15) is 0 Å². The Bertz CT molecular complexity index is 397. The van der Waals surface area contributed by atoms with E-state index in [1.54, 1.807) is 6.07 Å². The van der Waals surface area contributed by atoms with Crippen molar-refractivity contribution in [2.75, 3.05) is 0 Å². The zero-order chi connectivity index (χ0) is 11.8. The maximum atomic E-state index is 10.3. The second-order valence-corrected chi connectivity index (χ2v) is 5.40. The van der Waals surface area contributed by atoms with Crippen LogP contribution in [0.3, 0.4) is 0 Å². The van der Waals surface area contributed by atoms with Crippen LogP contribution in [0.25, 0.3) is 0 Å². The molecule has 16 heavy (non-hydrogen) atoms. The number of benzene rings is 1. The van der Waals surface area contributed by atoms with Crippen LogP contribution in [0, 0.1) is 0 Å². The van der Waals surface area contributed by atoms with Crippen LogP contribution in [0.5, 0.6) is 0 Å². The summed E-state index contributed by atoms with van der Waals surface area (Å²) < 4.78 is 0. The van der Waals surface area contributed by atoms with Crippen molar-refractivity contribution in [1.82, 2.24) is 0 Å². The van der Waals surface area contributed by atoms with Gasteiger partial charge in [-0.15, -0.1) is 0 Å². The Hall–Kier alpha value is -0.280. The molecule has 0 aromatic heterocycles. The maximum absolute atomic E-state index is 10.3.